The summed E-state index contributed by atoms with van der Waals surface area (Å²) in [6.45, 7) is 6.86. The molecule has 5 aromatic rings. The standard InChI is InChI=1S/C20H23N7O4.C20H21N7O3/c1-10-13(20(30)31-27-11(2)21)5-4-6-14(10)23-15-9-16(24-18(28)12-7-8-12)25-26-17(15)19(29)22-3;1-10-13(20-22-11(2)27-30-20)5-4-6-14(10)23-15-9-16(24-18(28)12-7-8-12)25-26-17(15)19(29)21-3/h4-6,9,12H,7-8H2,1-3H3,(H2,21,27)(H,22,29)(H2,23,24,25,28);4-6,9,12H,7-8H2,1-3H3,(H,21,29)(H2,23,24,25,28). The zero-order chi connectivity index (χ0) is 43.8. The van der Waals surface area contributed by atoms with Crippen molar-refractivity contribution < 1.29 is 33.3 Å². The molecule has 8 N–H and O–H groups in total. The zero-order valence-corrected chi connectivity index (χ0v) is 34.2. The number of hydrogen-bond acceptors (Lipinski definition) is 16. The molecule has 61 heavy (non-hydrogen) atoms. The number of rotatable bonds is 13. The van der Waals surface area contributed by atoms with Gasteiger partial charge < -0.3 is 47.0 Å². The van der Waals surface area contributed by atoms with Gasteiger partial charge in [-0.3, -0.25) is 19.2 Å². The molecule has 2 fully saturated rings. The van der Waals surface area contributed by atoms with Gasteiger partial charge in [-0.15, -0.1) is 20.4 Å². The number of nitrogens with zero attached hydrogens (tertiary/aromatic N) is 7. The quantitative estimate of drug-likeness (QED) is 0.0377. The maximum Gasteiger partial charge on any atom is 0.366 e. The maximum absolute atomic E-state index is 12.3. The molecule has 7 rings (SSSR count). The summed E-state index contributed by atoms with van der Waals surface area (Å²) in [5.74, 6) is -0.192. The van der Waals surface area contributed by atoms with Crippen LogP contribution >= 0.6 is 0 Å². The number of aromatic nitrogens is 6. The number of hydrogen-bond donors (Lipinski definition) is 7. The number of benzene rings is 2. The lowest BCUT2D eigenvalue weighted by Gasteiger charge is -2.15. The van der Waals surface area contributed by atoms with E-state index in [0.29, 0.717) is 34.3 Å². The lowest BCUT2D eigenvalue weighted by atomic mass is 10.1. The molecule has 21 heteroatoms. The number of aryl methyl sites for hydroxylation is 1. The molecule has 21 nitrogen and oxygen atoms in total. The third kappa shape index (κ3) is 10.8. The minimum absolute atomic E-state index is 0.0124. The van der Waals surface area contributed by atoms with Gasteiger partial charge in [-0.1, -0.05) is 22.4 Å². The Morgan fingerprint density at radius 1 is 0.721 bits per heavy atom. The molecule has 0 radical (unpaired) electrons. The Hall–Kier alpha value is -7.84. The Balaban J connectivity index is 0.000000204. The molecule has 0 aliphatic heterocycles. The summed E-state index contributed by atoms with van der Waals surface area (Å²) < 4.78 is 5.28. The number of anilines is 6. The number of carbonyl (C=O) groups is 5. The molecule has 0 atom stereocenters. The van der Waals surface area contributed by atoms with Crippen molar-refractivity contribution >= 4 is 69.8 Å². The Labute approximate surface area is 349 Å². The number of amidine groups is 1. The van der Waals surface area contributed by atoms with E-state index in [1.54, 1.807) is 38.1 Å². The van der Waals surface area contributed by atoms with Gasteiger partial charge in [0.25, 0.3) is 17.7 Å². The molecular formula is C40H44N14O7. The first-order chi connectivity index (χ1) is 29.3. The summed E-state index contributed by atoms with van der Waals surface area (Å²) in [6, 6.07) is 13.6. The van der Waals surface area contributed by atoms with Crippen molar-refractivity contribution in [3.63, 3.8) is 0 Å². The van der Waals surface area contributed by atoms with Crippen LogP contribution in [0.5, 0.6) is 0 Å². The number of nitrogens with two attached hydrogens (primary N) is 1. The van der Waals surface area contributed by atoms with Crippen molar-refractivity contribution in [2.45, 2.75) is 53.4 Å². The first kappa shape index (κ1) is 42.8. The van der Waals surface area contributed by atoms with Crippen LogP contribution in [0, 0.1) is 32.6 Å². The smallest absolute Gasteiger partial charge is 0.366 e. The van der Waals surface area contributed by atoms with E-state index < -0.39 is 17.8 Å². The van der Waals surface area contributed by atoms with Crippen LogP contribution in [0.25, 0.3) is 11.5 Å². The van der Waals surface area contributed by atoms with Crippen LogP contribution in [-0.4, -0.2) is 80.1 Å². The van der Waals surface area contributed by atoms with E-state index in [2.05, 4.69) is 67.6 Å². The Morgan fingerprint density at radius 2 is 1.23 bits per heavy atom. The lowest BCUT2D eigenvalue weighted by Crippen LogP contribution is -2.22. The van der Waals surface area contributed by atoms with Crippen LogP contribution in [-0.2, 0) is 14.4 Å². The molecule has 3 heterocycles. The van der Waals surface area contributed by atoms with Gasteiger partial charge in [-0.2, -0.15) is 4.98 Å². The molecule has 2 aromatic carbocycles. The average Bonchev–Trinajstić information content (AvgIpc) is 4.19. The minimum Gasteiger partial charge on any atom is -0.385 e. The second-order valence-electron chi connectivity index (χ2n) is 14.1. The van der Waals surface area contributed by atoms with E-state index in [0.717, 1.165) is 42.5 Å². The Kier molecular flexibility index (Phi) is 13.2. The van der Waals surface area contributed by atoms with Gasteiger partial charge in [0, 0.05) is 55.0 Å². The predicted octanol–water partition coefficient (Wildman–Crippen LogP) is 4.28. The molecule has 0 spiro atoms. The van der Waals surface area contributed by atoms with Crippen LogP contribution in [0.2, 0.25) is 0 Å². The normalized spacial score (nSPS) is 13.2. The molecular weight excluding hydrogens is 789 g/mol. The largest absolute Gasteiger partial charge is 0.385 e. The van der Waals surface area contributed by atoms with Gasteiger partial charge in [0.05, 0.1) is 16.9 Å². The summed E-state index contributed by atoms with van der Waals surface area (Å²) >= 11 is 0. The first-order valence-electron chi connectivity index (χ1n) is 19.1. The fourth-order valence-corrected chi connectivity index (χ4v) is 5.67. The van der Waals surface area contributed by atoms with Gasteiger partial charge in [-0.05, 0) is 88.8 Å². The monoisotopic (exact) mass is 832 g/mol. The predicted molar refractivity (Wildman–Crippen MR) is 223 cm³/mol. The maximum atomic E-state index is 12.3. The molecule has 0 unspecified atom stereocenters. The van der Waals surface area contributed by atoms with E-state index in [1.165, 1.54) is 27.1 Å². The topological polar surface area (TPSA) is 296 Å². The molecule has 2 saturated carbocycles. The first-order valence-corrected chi connectivity index (χ1v) is 19.1. The van der Waals surface area contributed by atoms with Crippen molar-refractivity contribution in [3.05, 3.63) is 82.4 Å². The van der Waals surface area contributed by atoms with E-state index in [1.807, 2.05) is 25.1 Å². The average molecular weight is 833 g/mol. The molecule has 3 aromatic heterocycles. The van der Waals surface area contributed by atoms with Gasteiger partial charge in [0.1, 0.15) is 5.84 Å². The SMILES string of the molecule is CNC(=O)c1nnc(NC(=O)C2CC2)cc1Nc1cccc(-c2nc(C)no2)c1C.CNC(=O)c1nnc(NC(=O)C2CC2)cc1Nc1cccc(C(=O)O/N=C(/C)N)c1C. The van der Waals surface area contributed by atoms with Crippen molar-refractivity contribution in [1.82, 2.24) is 41.2 Å². The summed E-state index contributed by atoms with van der Waals surface area (Å²) in [5.41, 5.74) is 9.96. The minimum atomic E-state index is -0.678. The van der Waals surface area contributed by atoms with Crippen molar-refractivity contribution in [3.8, 4) is 11.5 Å². The second kappa shape index (κ2) is 18.8. The van der Waals surface area contributed by atoms with Crippen molar-refractivity contribution in [2.75, 3.05) is 35.4 Å². The molecule has 4 amide bonds. The fourth-order valence-electron chi connectivity index (χ4n) is 5.67. The number of oxime groups is 1. The third-order valence-corrected chi connectivity index (χ3v) is 9.33. The zero-order valence-electron chi connectivity index (χ0n) is 34.2. The van der Waals surface area contributed by atoms with Crippen LogP contribution in [0.4, 0.5) is 34.4 Å². The third-order valence-electron chi connectivity index (χ3n) is 9.33. The summed E-state index contributed by atoms with van der Waals surface area (Å²) in [5, 5.41) is 40.0. The Bertz CT molecular complexity index is 2530. The van der Waals surface area contributed by atoms with E-state index in [-0.39, 0.29) is 58.1 Å². The van der Waals surface area contributed by atoms with Crippen molar-refractivity contribution in [2.24, 2.45) is 22.7 Å². The lowest BCUT2D eigenvalue weighted by molar-refractivity contribution is -0.118. The van der Waals surface area contributed by atoms with Crippen molar-refractivity contribution in [1.29, 1.82) is 0 Å². The number of amides is 4. The van der Waals surface area contributed by atoms with E-state index in [9.17, 15) is 24.0 Å². The molecule has 0 bridgehead atoms. The highest BCUT2D eigenvalue weighted by atomic mass is 16.7. The molecule has 2 aliphatic rings. The van der Waals surface area contributed by atoms with E-state index >= 15 is 0 Å². The molecule has 0 saturated heterocycles. The van der Waals surface area contributed by atoms with E-state index in [4.69, 9.17) is 15.1 Å². The fraction of sp³-hybridized carbons (Fsp3) is 0.300. The highest BCUT2D eigenvalue weighted by Crippen LogP contribution is 2.33. The van der Waals surface area contributed by atoms with Gasteiger partial charge in [-0.25, -0.2) is 4.79 Å². The van der Waals surface area contributed by atoms with Crippen LogP contribution in [0.3, 0.4) is 0 Å². The highest BCUT2D eigenvalue weighted by Gasteiger charge is 2.31. The second-order valence-corrected chi connectivity index (χ2v) is 14.1. The summed E-state index contributed by atoms with van der Waals surface area (Å²) in [7, 11) is 2.98. The highest BCUT2D eigenvalue weighted by molar-refractivity contribution is 6.01. The summed E-state index contributed by atoms with van der Waals surface area (Å²) in [4.78, 5) is 70.0. The van der Waals surface area contributed by atoms with Crippen LogP contribution in [0.1, 0.15) is 80.9 Å². The number of carbonyl (C=O) groups excluding carboxylic acids is 5. The van der Waals surface area contributed by atoms with Gasteiger partial charge in [0.2, 0.25) is 11.8 Å². The Morgan fingerprint density at radius 3 is 1.69 bits per heavy atom. The molecule has 316 valence electrons. The van der Waals surface area contributed by atoms with Gasteiger partial charge >= 0.3 is 5.97 Å². The summed E-state index contributed by atoms with van der Waals surface area (Å²) in [6.07, 6.45) is 3.44. The van der Waals surface area contributed by atoms with Crippen LogP contribution < -0.4 is 37.6 Å². The number of nitrogens with one attached hydrogen (secondary N) is 6. The van der Waals surface area contributed by atoms with Gasteiger partial charge in [0.15, 0.2) is 28.8 Å². The molecule has 2 aliphatic carbocycles. The van der Waals surface area contributed by atoms with Crippen LogP contribution in [0.15, 0.2) is 58.2 Å².